The summed E-state index contributed by atoms with van der Waals surface area (Å²) in [7, 11) is 1.61. The van der Waals surface area contributed by atoms with Crippen molar-refractivity contribution in [1.82, 2.24) is 0 Å². The van der Waals surface area contributed by atoms with E-state index < -0.39 is 0 Å². The van der Waals surface area contributed by atoms with E-state index in [9.17, 15) is 0 Å². The zero-order valence-electron chi connectivity index (χ0n) is 14.7. The molecule has 0 radical (unpaired) electrons. The Hall–Kier alpha value is -0.0151. The van der Waals surface area contributed by atoms with E-state index >= 15 is 0 Å². The van der Waals surface area contributed by atoms with Crippen LogP contribution in [0.2, 0.25) is 17.5 Å². The second-order valence-electron chi connectivity index (χ2n) is 5.92. The third kappa shape index (κ3) is 9.51. The lowest BCUT2D eigenvalue weighted by Crippen LogP contribution is -2.28. The summed E-state index contributed by atoms with van der Waals surface area (Å²) in [5, 5.41) is 0. The molecule has 0 aliphatic carbocycles. The Morgan fingerprint density at radius 3 is 1.21 bits per heavy atom. The highest BCUT2D eigenvalue weighted by Gasteiger charge is 2.29. The van der Waals surface area contributed by atoms with E-state index in [1.54, 1.807) is 7.11 Å². The standard InChI is InChI=1S/C12H27B.C4H11NO/c1-7-10(4)13(11(5)8-2)12(6)9-3;1-3-4(5)6-2/h10-12H,7-9H2,1-6H3;4H,3,5H2,1-2H3. The van der Waals surface area contributed by atoms with Crippen LogP contribution in [0.15, 0.2) is 0 Å². The average Bonchev–Trinajstić information content (AvgIpc) is 2.46. The van der Waals surface area contributed by atoms with Crippen molar-refractivity contribution in [2.24, 2.45) is 5.73 Å². The van der Waals surface area contributed by atoms with E-state index in [0.29, 0.717) is 0 Å². The van der Waals surface area contributed by atoms with Crippen molar-refractivity contribution in [2.75, 3.05) is 7.11 Å². The maximum Gasteiger partial charge on any atom is 0.148 e. The molecule has 0 aliphatic rings. The minimum absolute atomic E-state index is 0.0648. The minimum atomic E-state index is -0.0648. The summed E-state index contributed by atoms with van der Waals surface area (Å²) in [5.41, 5.74) is 5.25. The van der Waals surface area contributed by atoms with Gasteiger partial charge in [0.15, 0.2) is 0 Å². The molecule has 0 amide bonds. The summed E-state index contributed by atoms with van der Waals surface area (Å²) in [6.07, 6.45) is 4.82. The van der Waals surface area contributed by atoms with E-state index in [2.05, 4.69) is 46.3 Å². The second kappa shape index (κ2) is 13.0. The van der Waals surface area contributed by atoms with Gasteiger partial charge in [-0.15, -0.1) is 0 Å². The molecule has 0 aromatic rings. The van der Waals surface area contributed by atoms with Gasteiger partial charge in [-0.3, -0.25) is 0 Å². The average molecular weight is 271 g/mol. The van der Waals surface area contributed by atoms with Gasteiger partial charge in [0.2, 0.25) is 0 Å². The summed E-state index contributed by atoms with van der Waals surface area (Å²) >= 11 is 0. The molecule has 0 bridgehead atoms. The first-order valence-corrected chi connectivity index (χ1v) is 8.17. The van der Waals surface area contributed by atoms with E-state index in [1.165, 1.54) is 19.3 Å². The Balaban J connectivity index is 0. The normalized spacial score (nSPS) is 16.9. The predicted octanol–water partition coefficient (Wildman–Crippen LogP) is 5.21. The lowest BCUT2D eigenvalue weighted by molar-refractivity contribution is 0.105. The Morgan fingerprint density at radius 2 is 1.11 bits per heavy atom. The maximum absolute atomic E-state index is 5.25. The topological polar surface area (TPSA) is 35.2 Å². The van der Waals surface area contributed by atoms with Gasteiger partial charge in [-0.25, -0.2) is 0 Å². The summed E-state index contributed by atoms with van der Waals surface area (Å²) in [4.78, 5) is 0. The predicted molar refractivity (Wildman–Crippen MR) is 90.2 cm³/mol. The molecule has 4 atom stereocenters. The molecular weight excluding hydrogens is 233 g/mol. The Labute approximate surface area is 122 Å². The molecule has 3 heteroatoms. The number of hydrogen-bond acceptors (Lipinski definition) is 2. The number of ether oxygens (including phenoxy) is 1. The van der Waals surface area contributed by atoms with Gasteiger partial charge >= 0.3 is 0 Å². The zero-order valence-corrected chi connectivity index (χ0v) is 14.7. The van der Waals surface area contributed by atoms with Gasteiger partial charge in [0.05, 0.1) is 0 Å². The van der Waals surface area contributed by atoms with Crippen molar-refractivity contribution in [1.29, 1.82) is 0 Å². The van der Waals surface area contributed by atoms with Gasteiger partial charge in [-0.2, -0.15) is 0 Å². The lowest BCUT2D eigenvalue weighted by Gasteiger charge is -2.30. The maximum atomic E-state index is 5.25. The van der Waals surface area contributed by atoms with Crippen molar-refractivity contribution in [3.05, 3.63) is 0 Å². The molecule has 0 saturated carbocycles. The highest BCUT2D eigenvalue weighted by Crippen LogP contribution is 2.35. The van der Waals surface area contributed by atoms with Crippen molar-refractivity contribution < 1.29 is 4.74 Å². The van der Waals surface area contributed by atoms with E-state index in [4.69, 9.17) is 5.73 Å². The smallest absolute Gasteiger partial charge is 0.148 e. The van der Waals surface area contributed by atoms with Crippen LogP contribution in [0.1, 0.15) is 74.1 Å². The molecular formula is C16H38BNO. The third-order valence-corrected chi connectivity index (χ3v) is 4.61. The van der Waals surface area contributed by atoms with Crippen molar-refractivity contribution >= 4 is 6.71 Å². The van der Waals surface area contributed by atoms with Crippen LogP contribution < -0.4 is 5.73 Å². The SMILES string of the molecule is CCC(C)B(C(C)CC)C(C)CC.CCC(N)OC. The fraction of sp³-hybridized carbons (Fsp3) is 1.00. The molecule has 2 N–H and O–H groups in total. The van der Waals surface area contributed by atoms with Gasteiger partial charge in [-0.05, 0) is 6.42 Å². The summed E-state index contributed by atoms with van der Waals surface area (Å²) in [6, 6.07) is 0. The van der Waals surface area contributed by atoms with Gasteiger partial charge in [0, 0.05) is 7.11 Å². The number of methoxy groups -OCH3 is 1. The Kier molecular flexibility index (Phi) is 14.6. The highest BCUT2D eigenvalue weighted by molar-refractivity contribution is 6.63. The lowest BCUT2D eigenvalue weighted by atomic mass is 9.28. The molecule has 0 rings (SSSR count). The minimum Gasteiger partial charge on any atom is -0.367 e. The molecule has 0 aromatic carbocycles. The molecule has 4 unspecified atom stereocenters. The molecule has 0 saturated heterocycles. The molecule has 0 heterocycles. The van der Waals surface area contributed by atoms with Crippen LogP contribution in [0.4, 0.5) is 0 Å². The molecule has 116 valence electrons. The van der Waals surface area contributed by atoms with E-state index in [0.717, 1.165) is 30.6 Å². The number of hydrogen-bond donors (Lipinski definition) is 1. The van der Waals surface area contributed by atoms with Crippen LogP contribution in [-0.4, -0.2) is 20.1 Å². The van der Waals surface area contributed by atoms with Gasteiger partial charge in [0.1, 0.15) is 12.9 Å². The van der Waals surface area contributed by atoms with Crippen LogP contribution in [0.3, 0.4) is 0 Å². The van der Waals surface area contributed by atoms with E-state index in [-0.39, 0.29) is 6.23 Å². The van der Waals surface area contributed by atoms with Gasteiger partial charge in [-0.1, -0.05) is 85.2 Å². The van der Waals surface area contributed by atoms with Gasteiger partial charge < -0.3 is 10.5 Å². The summed E-state index contributed by atoms with van der Waals surface area (Å²) < 4.78 is 4.68. The fourth-order valence-corrected chi connectivity index (χ4v) is 2.67. The largest absolute Gasteiger partial charge is 0.367 e. The first-order chi connectivity index (χ1) is 8.89. The molecule has 0 aliphatic heterocycles. The summed E-state index contributed by atoms with van der Waals surface area (Å²) in [5.74, 6) is 2.68. The molecule has 0 spiro atoms. The summed E-state index contributed by atoms with van der Waals surface area (Å²) in [6.45, 7) is 17.1. The molecule has 0 fully saturated rings. The molecule has 2 nitrogen and oxygen atoms in total. The monoisotopic (exact) mass is 271 g/mol. The van der Waals surface area contributed by atoms with Crippen LogP contribution in [0.25, 0.3) is 0 Å². The third-order valence-electron chi connectivity index (χ3n) is 4.61. The van der Waals surface area contributed by atoms with Gasteiger partial charge in [0.25, 0.3) is 0 Å². The first kappa shape index (κ1) is 21.3. The van der Waals surface area contributed by atoms with Crippen LogP contribution in [-0.2, 0) is 4.74 Å². The van der Waals surface area contributed by atoms with E-state index in [1.807, 2.05) is 6.92 Å². The number of nitrogens with two attached hydrogens (primary N) is 1. The van der Waals surface area contributed by atoms with Crippen LogP contribution in [0.5, 0.6) is 0 Å². The molecule has 19 heavy (non-hydrogen) atoms. The van der Waals surface area contributed by atoms with Crippen molar-refractivity contribution in [3.63, 3.8) is 0 Å². The fourth-order valence-electron chi connectivity index (χ4n) is 2.67. The highest BCUT2D eigenvalue weighted by atomic mass is 16.5. The second-order valence-corrected chi connectivity index (χ2v) is 5.92. The Bertz CT molecular complexity index is 162. The molecule has 0 aromatic heterocycles. The number of rotatable bonds is 8. The van der Waals surface area contributed by atoms with Crippen LogP contribution >= 0.6 is 0 Å². The zero-order chi connectivity index (χ0) is 15.4. The quantitative estimate of drug-likeness (QED) is 0.486. The first-order valence-electron chi connectivity index (χ1n) is 8.17. The Morgan fingerprint density at radius 1 is 0.789 bits per heavy atom. The van der Waals surface area contributed by atoms with Crippen molar-refractivity contribution in [2.45, 2.75) is 97.8 Å². The van der Waals surface area contributed by atoms with Crippen LogP contribution in [0, 0.1) is 0 Å². The van der Waals surface area contributed by atoms with Crippen molar-refractivity contribution in [3.8, 4) is 0 Å².